The van der Waals surface area contributed by atoms with Gasteiger partial charge in [0.2, 0.25) is 5.91 Å². The van der Waals surface area contributed by atoms with Gasteiger partial charge in [-0.2, -0.15) is 5.26 Å². The Bertz CT molecular complexity index is 1960. The van der Waals surface area contributed by atoms with E-state index in [-0.39, 0.29) is 64.5 Å². The van der Waals surface area contributed by atoms with E-state index in [0.717, 1.165) is 46.9 Å². The first-order valence-corrected chi connectivity index (χ1v) is 22.6. The third kappa shape index (κ3) is 21.6. The number of carbonyl (C=O) groups excluding carboxylic acids is 7. The van der Waals surface area contributed by atoms with Gasteiger partial charge >= 0.3 is 37.7 Å². The van der Waals surface area contributed by atoms with Crippen LogP contribution in [-0.4, -0.2) is 138 Å². The van der Waals surface area contributed by atoms with Crippen molar-refractivity contribution in [3.63, 3.8) is 0 Å². The summed E-state index contributed by atoms with van der Waals surface area (Å²) in [4.78, 5) is 89.7. The molecule has 1 fully saturated rings. The number of carbonyl (C=O) groups is 7. The number of phosphoric ester groups is 1. The average molecular weight is 990 g/mol. The third-order valence-corrected chi connectivity index (χ3v) is 10.8. The second-order valence-corrected chi connectivity index (χ2v) is 16.3. The smallest absolute Gasteiger partial charge is 0.465 e. The van der Waals surface area contributed by atoms with Crippen LogP contribution in [0.25, 0.3) is 0 Å². The molecular formula is C43H58F2N3O19P. The maximum absolute atomic E-state index is 13.8. The van der Waals surface area contributed by atoms with Crippen molar-refractivity contribution in [3.05, 3.63) is 35.4 Å². The fourth-order valence-electron chi connectivity index (χ4n) is 6.41. The molecule has 1 aliphatic rings. The highest BCUT2D eigenvalue weighted by Crippen LogP contribution is 2.49. The number of unbranched alkanes of at least 4 members (excludes halogenated alkanes) is 3. The first-order chi connectivity index (χ1) is 32.3. The summed E-state index contributed by atoms with van der Waals surface area (Å²) in [6.07, 6.45) is -4.19. The zero-order valence-corrected chi connectivity index (χ0v) is 39.3. The van der Waals surface area contributed by atoms with E-state index in [1.54, 1.807) is 0 Å². The maximum atomic E-state index is 13.8. The minimum atomic E-state index is -4.07. The van der Waals surface area contributed by atoms with E-state index in [1.807, 2.05) is 6.07 Å². The Kier molecular flexibility index (Phi) is 26.4. The second-order valence-electron chi connectivity index (χ2n) is 14.7. The van der Waals surface area contributed by atoms with E-state index in [9.17, 15) is 46.9 Å². The molecule has 0 radical (unpaired) electrons. The van der Waals surface area contributed by atoms with Gasteiger partial charge < -0.3 is 48.5 Å². The number of methoxy groups -OCH3 is 1. The molecule has 1 aromatic rings. The van der Waals surface area contributed by atoms with Crippen LogP contribution in [0.2, 0.25) is 0 Å². The average Bonchev–Trinajstić information content (AvgIpc) is 3.27. The van der Waals surface area contributed by atoms with Gasteiger partial charge in [-0.3, -0.25) is 42.3 Å². The summed E-state index contributed by atoms with van der Waals surface area (Å²) in [5, 5.41) is 13.9. The molecular weight excluding hydrogens is 931 g/mol. The number of rotatable bonds is 31. The fraction of sp³-hybridized carbons (Fsp3) is 0.628. The highest BCUT2D eigenvalue weighted by atomic mass is 31.2. The van der Waals surface area contributed by atoms with E-state index in [1.165, 1.54) is 12.1 Å². The number of halogens is 2. The molecule has 1 unspecified atom stereocenters. The van der Waals surface area contributed by atoms with Gasteiger partial charge in [0.25, 0.3) is 18.1 Å². The second kappa shape index (κ2) is 30.7. The van der Waals surface area contributed by atoms with Crippen LogP contribution in [-0.2, 0) is 96.0 Å². The van der Waals surface area contributed by atoms with E-state index in [4.69, 9.17) is 63.2 Å². The minimum Gasteiger partial charge on any atom is -0.465 e. The fourth-order valence-corrected chi connectivity index (χ4v) is 7.59. The minimum absolute atomic E-state index is 0.00505. The van der Waals surface area contributed by atoms with Gasteiger partial charge in [0.05, 0.1) is 78.1 Å². The normalized spacial score (nSPS) is 19.4. The lowest BCUT2D eigenvalue weighted by molar-refractivity contribution is -0.313. The highest BCUT2D eigenvalue weighted by Gasteiger charge is 2.59. The van der Waals surface area contributed by atoms with Crippen molar-refractivity contribution < 1.29 is 98.4 Å². The Balaban J connectivity index is 2.43. The molecule has 68 heavy (non-hydrogen) atoms. The number of ether oxygens (including phenoxy) is 8. The van der Waals surface area contributed by atoms with Crippen LogP contribution in [0, 0.1) is 23.7 Å². The largest absolute Gasteiger partial charge is 0.474 e. The molecule has 1 heterocycles. The molecule has 22 nitrogen and oxygen atoms in total. The van der Waals surface area contributed by atoms with Crippen molar-refractivity contribution in [2.75, 3.05) is 59.9 Å². The molecule has 7 atom stereocenters. The van der Waals surface area contributed by atoms with E-state index in [0.29, 0.717) is 24.8 Å². The summed E-state index contributed by atoms with van der Waals surface area (Å²) in [5.41, 5.74) is 0.0660. The molecule has 2 amide bonds. The van der Waals surface area contributed by atoms with Crippen molar-refractivity contribution in [2.24, 2.45) is 0 Å². The number of nitriles is 1. The molecule has 0 spiro atoms. The first-order valence-electron chi connectivity index (χ1n) is 21.2. The molecule has 1 aromatic carbocycles. The van der Waals surface area contributed by atoms with Gasteiger partial charge in [0, 0.05) is 33.3 Å². The van der Waals surface area contributed by atoms with Crippen molar-refractivity contribution >= 4 is 49.5 Å². The number of benzene rings is 1. The van der Waals surface area contributed by atoms with Crippen LogP contribution in [0.4, 0.5) is 8.78 Å². The quantitative estimate of drug-likeness (QED) is 0.0355. The van der Waals surface area contributed by atoms with Crippen LogP contribution in [0.3, 0.4) is 0 Å². The summed E-state index contributed by atoms with van der Waals surface area (Å²) < 4.78 is 99.4. The van der Waals surface area contributed by atoms with Gasteiger partial charge in [0.1, 0.15) is 18.8 Å². The topological polar surface area (TPSA) is 286 Å². The molecule has 2 N–H and O–H groups in total. The molecule has 0 aromatic heterocycles. The SMILES string of the molecule is C#CCOCCOP(=O)(OCCC#N)OCCCCCCO[C@]1(C(=O)OC)C[C@H](OC(C)=O)[C@@H](NC(=O)COC(C)=O)[C@H]([C@H](OC(C)=O)[C@@H](CNC(=O)Cc2ccc(C(F)F)cc2)OC(C)=O)O1. The summed E-state index contributed by atoms with van der Waals surface area (Å²) in [6, 6.07) is 5.19. The van der Waals surface area contributed by atoms with Crippen LogP contribution in [0.15, 0.2) is 24.3 Å². The number of amides is 2. The lowest BCUT2D eigenvalue weighted by Crippen LogP contribution is -2.70. The van der Waals surface area contributed by atoms with Crippen LogP contribution in [0.5, 0.6) is 0 Å². The predicted molar refractivity (Wildman–Crippen MR) is 227 cm³/mol. The number of esters is 5. The lowest BCUT2D eigenvalue weighted by Gasteiger charge is -2.48. The number of alkyl halides is 2. The molecule has 1 saturated heterocycles. The van der Waals surface area contributed by atoms with Crippen LogP contribution < -0.4 is 10.6 Å². The van der Waals surface area contributed by atoms with Gasteiger partial charge in [-0.05, 0) is 18.4 Å². The Morgan fingerprint density at radius 2 is 1.51 bits per heavy atom. The van der Waals surface area contributed by atoms with Crippen molar-refractivity contribution in [2.45, 2.75) is 115 Å². The Labute approximate surface area is 392 Å². The van der Waals surface area contributed by atoms with Crippen LogP contribution in [0.1, 0.15) is 83.8 Å². The van der Waals surface area contributed by atoms with Gasteiger partial charge in [0.15, 0.2) is 18.8 Å². The summed E-state index contributed by atoms with van der Waals surface area (Å²) in [7, 11) is -3.07. The van der Waals surface area contributed by atoms with Gasteiger partial charge in [-0.1, -0.05) is 43.0 Å². The molecule has 0 saturated carbocycles. The number of nitrogens with zero attached hydrogens (tertiary/aromatic N) is 1. The summed E-state index contributed by atoms with van der Waals surface area (Å²) in [6.45, 7) is 1.87. The zero-order valence-electron chi connectivity index (χ0n) is 38.4. The monoisotopic (exact) mass is 989 g/mol. The number of terminal acetylenes is 1. The number of nitrogens with one attached hydrogen (secondary N) is 2. The number of phosphoric acid groups is 1. The molecule has 1 aliphatic heterocycles. The Morgan fingerprint density at radius 3 is 2.10 bits per heavy atom. The number of hydrogen-bond donors (Lipinski definition) is 2. The number of hydrogen-bond acceptors (Lipinski definition) is 20. The summed E-state index contributed by atoms with van der Waals surface area (Å²) >= 11 is 0. The maximum Gasteiger partial charge on any atom is 0.474 e. The van der Waals surface area contributed by atoms with Crippen molar-refractivity contribution in [1.82, 2.24) is 10.6 Å². The van der Waals surface area contributed by atoms with E-state index >= 15 is 0 Å². The molecule has 25 heteroatoms. The van der Waals surface area contributed by atoms with Crippen molar-refractivity contribution in [3.8, 4) is 18.4 Å². The Morgan fingerprint density at radius 1 is 0.868 bits per heavy atom. The third-order valence-electron chi connectivity index (χ3n) is 9.25. The molecule has 0 aliphatic carbocycles. The molecule has 0 bridgehead atoms. The molecule has 2 rings (SSSR count). The molecule has 378 valence electrons. The first kappa shape index (κ1) is 58.5. The standard InChI is InChI=1S/C43H58F2N3O19P/c1-7-18-58-22-23-63-68(56,62-21-12-17-46)61-20-11-9-8-10-19-60-43(42(55)57-6)25-34(64-29(3)50)38(48-37(54)27-59-28(2)49)40(67-43)39(66-31(5)52)35(65-30(4)51)26-47-36(53)24-32-13-15-33(16-14-32)41(44)45/h1,13-16,34-35,38-41H,8-12,18-27H2,2-6H3,(H,47,53)(H,48,54)/t34-,35+,38+,39+,40+,43+,68?/m0/s1. The van der Waals surface area contributed by atoms with E-state index < -0.39 is 112 Å². The lowest BCUT2D eigenvalue weighted by atomic mass is 9.87. The highest BCUT2D eigenvalue weighted by molar-refractivity contribution is 7.48. The van der Waals surface area contributed by atoms with Crippen LogP contribution >= 0.6 is 7.82 Å². The zero-order chi connectivity index (χ0) is 50.7. The Hall–Kier alpha value is -5.59. The van der Waals surface area contributed by atoms with E-state index in [2.05, 4.69) is 16.6 Å². The van der Waals surface area contributed by atoms with Crippen molar-refractivity contribution in [1.29, 1.82) is 5.26 Å². The predicted octanol–water partition coefficient (Wildman–Crippen LogP) is 3.08. The van der Waals surface area contributed by atoms with Gasteiger partial charge in [-0.25, -0.2) is 18.1 Å². The summed E-state index contributed by atoms with van der Waals surface area (Å²) in [5.74, 6) is -6.79. The van der Waals surface area contributed by atoms with Gasteiger partial charge in [-0.15, -0.1) is 6.42 Å².